The largest absolute Gasteiger partial charge is 0.455 e. The third kappa shape index (κ3) is 10.4. The molecule has 13 heteroatoms. The van der Waals surface area contributed by atoms with Crippen LogP contribution in [0.1, 0.15) is 73.2 Å². The van der Waals surface area contributed by atoms with E-state index in [4.69, 9.17) is 19.4 Å². The summed E-state index contributed by atoms with van der Waals surface area (Å²) >= 11 is 0. The number of aromatic nitrogens is 6. The normalized spacial score (nSPS) is 11.3. The van der Waals surface area contributed by atoms with Gasteiger partial charge in [0.1, 0.15) is 35.8 Å². The summed E-state index contributed by atoms with van der Waals surface area (Å²) in [4.78, 5) is 30.3. The topological polar surface area (TPSA) is 164 Å². The van der Waals surface area contributed by atoms with E-state index in [0.29, 0.717) is 70.4 Å². The van der Waals surface area contributed by atoms with Gasteiger partial charge in [-0.3, -0.25) is 0 Å². The second kappa shape index (κ2) is 20.0. The number of benzene rings is 5. The van der Waals surface area contributed by atoms with E-state index in [1.54, 1.807) is 0 Å². The first-order valence-electron chi connectivity index (χ1n) is 22.3. The fourth-order valence-electron chi connectivity index (χ4n) is 7.63. The Morgan fingerprint density at radius 1 is 0.493 bits per heavy atom. The summed E-state index contributed by atoms with van der Waals surface area (Å²) in [5.74, 6) is 4.13. The molecule has 4 N–H and O–H groups in total. The average molecular weight is 890 g/mol. The molecule has 0 amide bonds. The van der Waals surface area contributed by atoms with Crippen molar-refractivity contribution < 1.29 is 19.7 Å². The number of nitrogens with one attached hydrogen (secondary N) is 2. The lowest BCUT2D eigenvalue weighted by Gasteiger charge is -2.26. The van der Waals surface area contributed by atoms with E-state index in [0.717, 1.165) is 50.1 Å². The van der Waals surface area contributed by atoms with Crippen molar-refractivity contribution in [3.8, 4) is 23.0 Å². The van der Waals surface area contributed by atoms with Gasteiger partial charge in [0.15, 0.2) is 22.8 Å². The Labute approximate surface area is 389 Å². The number of aliphatic hydroxyl groups is 2. The van der Waals surface area contributed by atoms with Crippen molar-refractivity contribution in [1.29, 1.82) is 0 Å². The maximum absolute atomic E-state index is 9.66. The van der Waals surface area contributed by atoms with Crippen LogP contribution in [0.5, 0.6) is 23.0 Å². The van der Waals surface area contributed by atoms with E-state index in [1.165, 1.54) is 12.7 Å². The Morgan fingerprint density at radius 3 is 1.34 bits per heavy atom. The monoisotopic (exact) mass is 889 g/mol. The fraction of sp³-hybridized carbons (Fsp3) is 0.185. The molecule has 0 unspecified atom stereocenters. The quantitative estimate of drug-likeness (QED) is 0.0683. The van der Waals surface area contributed by atoms with Gasteiger partial charge in [-0.25, -0.2) is 29.9 Å². The van der Waals surface area contributed by atoms with Crippen LogP contribution in [0.25, 0.3) is 22.1 Å². The van der Waals surface area contributed by atoms with Gasteiger partial charge in [-0.05, 0) is 119 Å². The Balaban J connectivity index is 1.07. The van der Waals surface area contributed by atoms with Crippen LogP contribution in [0.3, 0.4) is 0 Å². The summed E-state index contributed by atoms with van der Waals surface area (Å²) in [6.45, 7) is 9.39. The molecule has 0 saturated heterocycles. The van der Waals surface area contributed by atoms with Gasteiger partial charge in [0, 0.05) is 30.2 Å². The molecular formula is C54H51N9O4. The molecule has 4 aromatic heterocycles. The predicted molar refractivity (Wildman–Crippen MR) is 263 cm³/mol. The molecule has 0 radical (unpaired) electrons. The highest BCUT2D eigenvalue weighted by molar-refractivity contribution is 5.90. The van der Waals surface area contributed by atoms with Crippen molar-refractivity contribution >= 4 is 50.8 Å². The highest BCUT2D eigenvalue weighted by Crippen LogP contribution is 2.38. The number of pyridine rings is 2. The number of hydrogen-bond donors (Lipinski definition) is 4. The van der Waals surface area contributed by atoms with Gasteiger partial charge in [-0.15, -0.1) is 0 Å². The summed E-state index contributed by atoms with van der Waals surface area (Å²) in [6, 6.07) is 45.3. The molecule has 0 aliphatic heterocycles. The van der Waals surface area contributed by atoms with Gasteiger partial charge in [-0.1, -0.05) is 82.3 Å². The van der Waals surface area contributed by atoms with E-state index in [9.17, 15) is 10.2 Å². The number of rotatable bonds is 17. The molecule has 9 aromatic rings. The maximum Gasteiger partial charge on any atom is 0.164 e. The third-order valence-corrected chi connectivity index (χ3v) is 11.4. The van der Waals surface area contributed by atoms with E-state index in [1.807, 2.05) is 103 Å². The van der Waals surface area contributed by atoms with E-state index in [-0.39, 0.29) is 25.0 Å². The SMILES string of the molecule is CC(C)c1ccc2c(Nc3cc(CN(Cc4ccc(Oc5ccc(CO)cc5)c(Nc5ncnc6nc(C(C)C)ccc56)c4)c4ccccc4)ccc3Oc3ccc(CO)cc3)ncnc2n1. The number of hydrogen-bond acceptors (Lipinski definition) is 13. The summed E-state index contributed by atoms with van der Waals surface area (Å²) in [6.07, 6.45) is 3.05. The zero-order valence-corrected chi connectivity index (χ0v) is 37.8. The number of nitrogens with zero attached hydrogens (tertiary/aromatic N) is 7. The molecule has 13 nitrogen and oxygen atoms in total. The van der Waals surface area contributed by atoms with E-state index < -0.39 is 0 Å². The van der Waals surface area contributed by atoms with Crippen molar-refractivity contribution in [3.63, 3.8) is 0 Å². The second-order valence-corrected chi connectivity index (χ2v) is 16.9. The molecule has 0 aliphatic carbocycles. The number of fused-ring (bicyclic) bond motifs is 2. The first-order chi connectivity index (χ1) is 32.7. The molecule has 0 saturated carbocycles. The zero-order valence-electron chi connectivity index (χ0n) is 37.8. The zero-order chi connectivity index (χ0) is 46.3. The van der Waals surface area contributed by atoms with Crippen molar-refractivity contribution in [1.82, 2.24) is 29.9 Å². The average Bonchev–Trinajstić information content (AvgIpc) is 3.35. The Hall–Kier alpha value is -8.00. The lowest BCUT2D eigenvalue weighted by atomic mass is 10.1. The van der Waals surface area contributed by atoms with Crippen LogP contribution in [0.4, 0.5) is 28.7 Å². The van der Waals surface area contributed by atoms with Crippen molar-refractivity contribution in [2.24, 2.45) is 0 Å². The van der Waals surface area contributed by atoms with Crippen LogP contribution in [0.15, 0.2) is 152 Å². The molecule has 9 rings (SSSR count). The minimum Gasteiger partial charge on any atom is -0.455 e. The highest BCUT2D eigenvalue weighted by atomic mass is 16.5. The number of para-hydroxylation sites is 1. The molecule has 336 valence electrons. The van der Waals surface area contributed by atoms with Crippen molar-refractivity contribution in [2.45, 2.75) is 65.8 Å². The van der Waals surface area contributed by atoms with Crippen LogP contribution in [-0.4, -0.2) is 40.1 Å². The summed E-state index contributed by atoms with van der Waals surface area (Å²) < 4.78 is 13.0. The van der Waals surface area contributed by atoms with Crippen LogP contribution >= 0.6 is 0 Å². The van der Waals surface area contributed by atoms with Gasteiger partial charge in [0.2, 0.25) is 0 Å². The lowest BCUT2D eigenvalue weighted by molar-refractivity contribution is 0.281. The van der Waals surface area contributed by atoms with Gasteiger partial charge in [-0.2, -0.15) is 0 Å². The molecule has 0 bridgehead atoms. The maximum atomic E-state index is 9.66. The molecule has 0 aliphatic rings. The second-order valence-electron chi connectivity index (χ2n) is 16.9. The summed E-state index contributed by atoms with van der Waals surface area (Å²) in [5.41, 5.74) is 9.16. The summed E-state index contributed by atoms with van der Waals surface area (Å²) in [7, 11) is 0. The summed E-state index contributed by atoms with van der Waals surface area (Å²) in [5, 5.41) is 28.0. The van der Waals surface area contributed by atoms with Crippen LogP contribution < -0.4 is 25.0 Å². The minimum atomic E-state index is -0.0561. The van der Waals surface area contributed by atoms with Gasteiger partial charge >= 0.3 is 0 Å². The first-order valence-corrected chi connectivity index (χ1v) is 22.3. The smallest absolute Gasteiger partial charge is 0.164 e. The first kappa shape index (κ1) is 44.2. The third-order valence-electron chi connectivity index (χ3n) is 11.4. The number of aliphatic hydroxyl groups excluding tert-OH is 2. The van der Waals surface area contributed by atoms with Crippen molar-refractivity contribution in [3.05, 3.63) is 186 Å². The Morgan fingerprint density at radius 2 is 0.925 bits per heavy atom. The fourth-order valence-corrected chi connectivity index (χ4v) is 7.63. The molecule has 0 fully saturated rings. The van der Waals surface area contributed by atoms with Gasteiger partial charge < -0.3 is 35.2 Å². The Kier molecular flexibility index (Phi) is 13.2. The Bertz CT molecular complexity index is 2940. The molecule has 5 aromatic carbocycles. The number of ether oxygens (including phenoxy) is 2. The molecule has 0 spiro atoms. The highest BCUT2D eigenvalue weighted by Gasteiger charge is 2.18. The predicted octanol–water partition coefficient (Wildman–Crippen LogP) is 11.9. The van der Waals surface area contributed by atoms with E-state index >= 15 is 0 Å². The molecule has 4 heterocycles. The van der Waals surface area contributed by atoms with Gasteiger partial charge in [0.05, 0.1) is 35.4 Å². The lowest BCUT2D eigenvalue weighted by Crippen LogP contribution is -2.22. The molecule has 0 atom stereocenters. The van der Waals surface area contributed by atoms with Crippen molar-refractivity contribution in [2.75, 3.05) is 15.5 Å². The number of anilines is 5. The van der Waals surface area contributed by atoms with Crippen LogP contribution in [0, 0.1) is 0 Å². The molecular weight excluding hydrogens is 839 g/mol. The molecule has 67 heavy (non-hydrogen) atoms. The van der Waals surface area contributed by atoms with Crippen LogP contribution in [-0.2, 0) is 26.3 Å². The van der Waals surface area contributed by atoms with E-state index in [2.05, 4.69) is 99.6 Å². The minimum absolute atomic E-state index is 0.0561. The van der Waals surface area contributed by atoms with Crippen LogP contribution in [0.2, 0.25) is 0 Å². The van der Waals surface area contributed by atoms with Gasteiger partial charge in [0.25, 0.3) is 0 Å². The standard InChI is InChI=1S/C54H51N9O4/c1-34(2)45-22-20-43-51(59-45)55-32-57-53(43)61-47-26-38(14-24-49(47)66-41-16-10-36(30-64)11-17-41)28-63(40-8-6-5-7-9-40)29-39-15-25-50(67-42-18-12-37(31-65)13-19-42)48(27-39)62-54-44-21-23-46(35(3)4)60-52(44)56-33-58-54/h5-27,32-35,64-65H,28-31H2,1-4H3,(H,55,57,59,61)(H,56,58,60,62).